The molecule has 0 saturated carbocycles. The van der Waals surface area contributed by atoms with Gasteiger partial charge in [0.15, 0.2) is 0 Å². The number of halogens is 1. The Hall–Kier alpha value is -1.26. The van der Waals surface area contributed by atoms with Gasteiger partial charge in [-0.2, -0.15) is 0 Å². The summed E-state index contributed by atoms with van der Waals surface area (Å²) >= 11 is 6.25. The number of carbonyl (C=O) groups excluding carboxylic acids is 1. The number of amides is 1. The standard InChI is InChI=1S/C13H18ClN3O/c1-2-15-8-10-11(14)4-3-5-12(10)17-7-6-16-13(18)9-17/h3-5,15H,2,6-9H2,1H3,(H,16,18). The lowest BCUT2D eigenvalue weighted by atomic mass is 10.1. The van der Waals surface area contributed by atoms with Crippen LogP contribution in [0.4, 0.5) is 5.69 Å². The monoisotopic (exact) mass is 267 g/mol. The fourth-order valence-electron chi connectivity index (χ4n) is 2.11. The van der Waals surface area contributed by atoms with E-state index in [4.69, 9.17) is 11.6 Å². The summed E-state index contributed by atoms with van der Waals surface area (Å²) in [6, 6.07) is 5.85. The Morgan fingerprint density at radius 1 is 1.50 bits per heavy atom. The van der Waals surface area contributed by atoms with Crippen LogP contribution in [0.15, 0.2) is 18.2 Å². The molecular weight excluding hydrogens is 250 g/mol. The predicted molar refractivity (Wildman–Crippen MR) is 74.1 cm³/mol. The Morgan fingerprint density at radius 2 is 2.33 bits per heavy atom. The summed E-state index contributed by atoms with van der Waals surface area (Å²) in [4.78, 5) is 13.5. The van der Waals surface area contributed by atoms with E-state index < -0.39 is 0 Å². The van der Waals surface area contributed by atoms with E-state index in [0.29, 0.717) is 13.1 Å². The highest BCUT2D eigenvalue weighted by Gasteiger charge is 2.19. The molecule has 1 saturated heterocycles. The summed E-state index contributed by atoms with van der Waals surface area (Å²) in [5, 5.41) is 6.86. The van der Waals surface area contributed by atoms with Gasteiger partial charge in [-0.1, -0.05) is 24.6 Å². The average molecular weight is 268 g/mol. The fraction of sp³-hybridized carbons (Fsp3) is 0.462. The van der Waals surface area contributed by atoms with Gasteiger partial charge in [-0.05, 0) is 18.7 Å². The zero-order valence-electron chi connectivity index (χ0n) is 10.5. The molecule has 5 heteroatoms. The quantitative estimate of drug-likeness (QED) is 0.867. The van der Waals surface area contributed by atoms with Crippen molar-refractivity contribution in [3.63, 3.8) is 0 Å². The van der Waals surface area contributed by atoms with Crippen molar-refractivity contribution in [1.82, 2.24) is 10.6 Å². The number of anilines is 1. The molecule has 0 radical (unpaired) electrons. The molecule has 0 unspecified atom stereocenters. The average Bonchev–Trinajstić information content (AvgIpc) is 2.37. The fourth-order valence-corrected chi connectivity index (χ4v) is 2.35. The SMILES string of the molecule is CCNCc1c(Cl)cccc1N1CCNC(=O)C1. The third kappa shape index (κ3) is 2.94. The van der Waals surface area contributed by atoms with Crippen molar-refractivity contribution < 1.29 is 4.79 Å². The van der Waals surface area contributed by atoms with E-state index in [-0.39, 0.29) is 5.91 Å². The second kappa shape index (κ2) is 6.07. The zero-order valence-corrected chi connectivity index (χ0v) is 11.3. The molecule has 2 N–H and O–H groups in total. The van der Waals surface area contributed by atoms with Crippen molar-refractivity contribution in [3.8, 4) is 0 Å². The second-order valence-electron chi connectivity index (χ2n) is 4.29. The third-order valence-corrected chi connectivity index (χ3v) is 3.38. The Balaban J connectivity index is 2.25. The van der Waals surface area contributed by atoms with Crippen LogP contribution in [-0.4, -0.2) is 32.1 Å². The number of piperazine rings is 1. The molecule has 1 fully saturated rings. The first-order valence-corrected chi connectivity index (χ1v) is 6.60. The number of rotatable bonds is 4. The van der Waals surface area contributed by atoms with Crippen LogP contribution in [0.1, 0.15) is 12.5 Å². The first kappa shape index (κ1) is 13.2. The number of carbonyl (C=O) groups is 1. The van der Waals surface area contributed by atoms with E-state index in [1.807, 2.05) is 18.2 Å². The molecule has 98 valence electrons. The third-order valence-electron chi connectivity index (χ3n) is 3.02. The van der Waals surface area contributed by atoms with Crippen molar-refractivity contribution in [2.24, 2.45) is 0 Å². The van der Waals surface area contributed by atoms with Crippen molar-refractivity contribution in [1.29, 1.82) is 0 Å². The van der Waals surface area contributed by atoms with Crippen LogP contribution < -0.4 is 15.5 Å². The van der Waals surface area contributed by atoms with Crippen LogP contribution >= 0.6 is 11.6 Å². The summed E-state index contributed by atoms with van der Waals surface area (Å²) < 4.78 is 0. The summed E-state index contributed by atoms with van der Waals surface area (Å²) in [6.45, 7) is 5.59. The van der Waals surface area contributed by atoms with Crippen molar-refractivity contribution in [3.05, 3.63) is 28.8 Å². The van der Waals surface area contributed by atoms with Gasteiger partial charge < -0.3 is 15.5 Å². The van der Waals surface area contributed by atoms with Crippen LogP contribution in [0, 0.1) is 0 Å². The van der Waals surface area contributed by atoms with Crippen molar-refractivity contribution in [2.45, 2.75) is 13.5 Å². The number of hydrogen-bond donors (Lipinski definition) is 2. The highest BCUT2D eigenvalue weighted by Crippen LogP contribution is 2.27. The first-order chi connectivity index (χ1) is 8.72. The smallest absolute Gasteiger partial charge is 0.239 e. The molecule has 0 atom stereocenters. The highest BCUT2D eigenvalue weighted by molar-refractivity contribution is 6.31. The maximum absolute atomic E-state index is 11.5. The van der Waals surface area contributed by atoms with Gasteiger partial charge in [0.25, 0.3) is 0 Å². The summed E-state index contributed by atoms with van der Waals surface area (Å²) in [6.07, 6.45) is 0. The predicted octanol–water partition coefficient (Wildman–Crippen LogP) is 1.39. The van der Waals surface area contributed by atoms with E-state index in [0.717, 1.165) is 35.9 Å². The Bertz CT molecular complexity index is 436. The van der Waals surface area contributed by atoms with Crippen LogP contribution in [-0.2, 0) is 11.3 Å². The zero-order chi connectivity index (χ0) is 13.0. The van der Waals surface area contributed by atoms with E-state index in [2.05, 4.69) is 22.5 Å². The summed E-state index contributed by atoms with van der Waals surface area (Å²) in [7, 11) is 0. The molecule has 1 aliphatic heterocycles. The van der Waals surface area contributed by atoms with E-state index >= 15 is 0 Å². The molecule has 2 rings (SSSR count). The molecule has 1 aromatic carbocycles. The van der Waals surface area contributed by atoms with Gasteiger partial charge in [0, 0.05) is 35.9 Å². The largest absolute Gasteiger partial charge is 0.360 e. The molecule has 0 aromatic heterocycles. The minimum Gasteiger partial charge on any atom is -0.360 e. The Morgan fingerprint density at radius 3 is 3.06 bits per heavy atom. The molecule has 18 heavy (non-hydrogen) atoms. The molecule has 1 aliphatic rings. The number of nitrogens with one attached hydrogen (secondary N) is 2. The highest BCUT2D eigenvalue weighted by atomic mass is 35.5. The molecule has 1 aromatic rings. The Labute approximate surface area is 112 Å². The number of hydrogen-bond acceptors (Lipinski definition) is 3. The lowest BCUT2D eigenvalue weighted by Gasteiger charge is -2.30. The molecular formula is C13H18ClN3O. The lowest BCUT2D eigenvalue weighted by molar-refractivity contribution is -0.120. The number of nitrogens with zero attached hydrogens (tertiary/aromatic N) is 1. The molecule has 0 spiro atoms. The molecule has 0 aliphatic carbocycles. The summed E-state index contributed by atoms with van der Waals surface area (Å²) in [5.41, 5.74) is 2.12. The van der Waals surface area contributed by atoms with Crippen LogP contribution in [0.25, 0.3) is 0 Å². The molecule has 1 heterocycles. The minimum atomic E-state index is 0.0654. The topological polar surface area (TPSA) is 44.4 Å². The lowest BCUT2D eigenvalue weighted by Crippen LogP contribution is -2.48. The first-order valence-electron chi connectivity index (χ1n) is 6.22. The van der Waals surface area contributed by atoms with Crippen LogP contribution in [0.2, 0.25) is 5.02 Å². The van der Waals surface area contributed by atoms with Crippen molar-refractivity contribution in [2.75, 3.05) is 31.1 Å². The van der Waals surface area contributed by atoms with Gasteiger partial charge in [0.2, 0.25) is 5.91 Å². The van der Waals surface area contributed by atoms with E-state index in [1.54, 1.807) is 0 Å². The molecule has 0 bridgehead atoms. The Kier molecular flexibility index (Phi) is 4.44. The maximum atomic E-state index is 11.5. The van der Waals surface area contributed by atoms with Gasteiger partial charge in [0.05, 0.1) is 6.54 Å². The molecule has 4 nitrogen and oxygen atoms in total. The van der Waals surface area contributed by atoms with Gasteiger partial charge in [0.1, 0.15) is 0 Å². The van der Waals surface area contributed by atoms with E-state index in [9.17, 15) is 4.79 Å². The normalized spacial score (nSPS) is 15.7. The van der Waals surface area contributed by atoms with Crippen LogP contribution in [0.5, 0.6) is 0 Å². The summed E-state index contributed by atoms with van der Waals surface area (Å²) in [5.74, 6) is 0.0654. The number of benzene rings is 1. The second-order valence-corrected chi connectivity index (χ2v) is 4.70. The van der Waals surface area contributed by atoms with Crippen LogP contribution in [0.3, 0.4) is 0 Å². The van der Waals surface area contributed by atoms with Gasteiger partial charge in [-0.25, -0.2) is 0 Å². The van der Waals surface area contributed by atoms with Crippen molar-refractivity contribution >= 4 is 23.2 Å². The minimum absolute atomic E-state index is 0.0654. The van der Waals surface area contributed by atoms with E-state index in [1.165, 1.54) is 0 Å². The van der Waals surface area contributed by atoms with Gasteiger partial charge in [-0.15, -0.1) is 0 Å². The molecule has 1 amide bonds. The van der Waals surface area contributed by atoms with Gasteiger partial charge >= 0.3 is 0 Å². The van der Waals surface area contributed by atoms with Gasteiger partial charge in [-0.3, -0.25) is 4.79 Å². The maximum Gasteiger partial charge on any atom is 0.239 e.